The lowest BCUT2D eigenvalue weighted by molar-refractivity contribution is -0.140. The molecule has 2 aromatic carbocycles. The van der Waals surface area contributed by atoms with Crippen molar-refractivity contribution in [2.75, 3.05) is 0 Å². The van der Waals surface area contributed by atoms with Crippen LogP contribution in [0.1, 0.15) is 52.4 Å². The molecule has 0 N–H and O–H groups in total. The Morgan fingerprint density at radius 2 is 1.74 bits per heavy atom. The Balaban J connectivity index is 1.63. The van der Waals surface area contributed by atoms with Crippen LogP contribution in [0.5, 0.6) is 5.75 Å². The summed E-state index contributed by atoms with van der Waals surface area (Å²) < 4.78 is 19.0. The van der Waals surface area contributed by atoms with E-state index < -0.39 is 0 Å². The molecule has 0 amide bonds. The molecule has 0 heterocycles. The third-order valence-electron chi connectivity index (χ3n) is 5.87. The predicted octanol–water partition coefficient (Wildman–Crippen LogP) is 6.64. The molecule has 0 unspecified atom stereocenters. The van der Waals surface area contributed by atoms with Gasteiger partial charge in [0.1, 0.15) is 11.6 Å². The maximum atomic E-state index is 13.2. The maximum Gasteiger partial charge on any atom is 0.314 e. The Hall–Kier alpha value is -2.16. The number of ether oxygens (including phenoxy) is 1. The molecule has 1 saturated carbocycles. The average Bonchev–Trinajstić information content (AvgIpc) is 2.69. The summed E-state index contributed by atoms with van der Waals surface area (Å²) in [4.78, 5) is 12.7. The van der Waals surface area contributed by atoms with Gasteiger partial charge < -0.3 is 4.74 Å². The van der Waals surface area contributed by atoms with Crippen molar-refractivity contribution < 1.29 is 13.9 Å². The minimum atomic E-state index is -0.276. The van der Waals surface area contributed by atoms with E-state index >= 15 is 0 Å². The molecule has 1 aliphatic rings. The second-order valence-electron chi connectivity index (χ2n) is 7.89. The molecule has 0 spiro atoms. The van der Waals surface area contributed by atoms with Crippen LogP contribution in [0.3, 0.4) is 0 Å². The molecular formula is C24H29FO2. The van der Waals surface area contributed by atoms with Crippen LogP contribution in [0, 0.1) is 23.6 Å². The van der Waals surface area contributed by atoms with Crippen LogP contribution >= 0.6 is 0 Å². The van der Waals surface area contributed by atoms with Crippen LogP contribution in [0.2, 0.25) is 0 Å². The van der Waals surface area contributed by atoms with E-state index in [9.17, 15) is 9.18 Å². The summed E-state index contributed by atoms with van der Waals surface area (Å²) >= 11 is 0. The maximum absolute atomic E-state index is 13.2. The molecule has 2 aromatic rings. The zero-order valence-electron chi connectivity index (χ0n) is 16.3. The third kappa shape index (κ3) is 5.18. The van der Waals surface area contributed by atoms with Gasteiger partial charge in [0.25, 0.3) is 0 Å². The summed E-state index contributed by atoms with van der Waals surface area (Å²) in [6.07, 6.45) is 6.55. The van der Waals surface area contributed by atoms with Crippen LogP contribution in [-0.4, -0.2) is 5.97 Å². The van der Waals surface area contributed by atoms with E-state index in [1.165, 1.54) is 25.0 Å². The molecule has 0 bridgehead atoms. The van der Waals surface area contributed by atoms with Gasteiger partial charge in [0.15, 0.2) is 0 Å². The second kappa shape index (κ2) is 9.16. The fourth-order valence-corrected chi connectivity index (χ4v) is 3.98. The van der Waals surface area contributed by atoms with E-state index in [0.717, 1.165) is 48.6 Å². The SMILES string of the molecule is CC[C@H](C)CC1CCC(C(=O)Oc2ccccc2-c2ccc(F)cc2)CC1. The molecule has 0 saturated heterocycles. The zero-order valence-corrected chi connectivity index (χ0v) is 16.3. The number of benzene rings is 2. The van der Waals surface area contributed by atoms with Crippen molar-refractivity contribution in [3.63, 3.8) is 0 Å². The van der Waals surface area contributed by atoms with Gasteiger partial charge in [-0.05, 0) is 67.7 Å². The highest BCUT2D eigenvalue weighted by molar-refractivity contribution is 5.79. The van der Waals surface area contributed by atoms with Crippen molar-refractivity contribution in [1.82, 2.24) is 0 Å². The fraction of sp³-hybridized carbons (Fsp3) is 0.458. The molecule has 0 radical (unpaired) electrons. The minimum absolute atomic E-state index is 0.0144. The molecule has 1 fully saturated rings. The van der Waals surface area contributed by atoms with Crippen molar-refractivity contribution >= 4 is 5.97 Å². The molecule has 2 nitrogen and oxygen atoms in total. The van der Waals surface area contributed by atoms with Crippen LogP contribution in [0.25, 0.3) is 11.1 Å². The number of esters is 1. The first-order valence-electron chi connectivity index (χ1n) is 10.1. The van der Waals surface area contributed by atoms with Crippen molar-refractivity contribution in [3.05, 3.63) is 54.3 Å². The van der Waals surface area contributed by atoms with E-state index in [0.29, 0.717) is 5.75 Å². The van der Waals surface area contributed by atoms with Crippen molar-refractivity contribution in [2.24, 2.45) is 17.8 Å². The van der Waals surface area contributed by atoms with Gasteiger partial charge in [-0.2, -0.15) is 0 Å². The number of carbonyl (C=O) groups excluding carboxylic acids is 1. The van der Waals surface area contributed by atoms with Crippen LogP contribution < -0.4 is 4.74 Å². The zero-order chi connectivity index (χ0) is 19.2. The molecular weight excluding hydrogens is 339 g/mol. The highest BCUT2D eigenvalue weighted by atomic mass is 19.1. The van der Waals surface area contributed by atoms with Gasteiger partial charge in [-0.25, -0.2) is 4.39 Å². The number of hydrogen-bond acceptors (Lipinski definition) is 2. The first kappa shape index (κ1) is 19.6. The topological polar surface area (TPSA) is 26.3 Å². The summed E-state index contributed by atoms with van der Waals surface area (Å²) in [6, 6.07) is 13.7. The van der Waals surface area contributed by atoms with E-state index in [-0.39, 0.29) is 17.7 Å². The lowest BCUT2D eigenvalue weighted by Gasteiger charge is -2.28. The summed E-state index contributed by atoms with van der Waals surface area (Å²) in [6.45, 7) is 4.55. The largest absolute Gasteiger partial charge is 0.426 e. The fourth-order valence-electron chi connectivity index (χ4n) is 3.98. The lowest BCUT2D eigenvalue weighted by Crippen LogP contribution is -2.26. The van der Waals surface area contributed by atoms with Gasteiger partial charge in [0.05, 0.1) is 5.92 Å². The molecule has 27 heavy (non-hydrogen) atoms. The highest BCUT2D eigenvalue weighted by Gasteiger charge is 2.28. The summed E-state index contributed by atoms with van der Waals surface area (Å²) in [5, 5.41) is 0. The standard InChI is InChI=1S/C24H29FO2/c1-3-17(2)16-18-8-10-20(11-9-18)24(26)27-23-7-5-4-6-22(23)19-12-14-21(25)15-13-19/h4-7,12-15,17-18,20H,3,8-11,16H2,1-2H3/t17-,18?,20?/m0/s1. The summed E-state index contributed by atoms with van der Waals surface area (Å²) in [7, 11) is 0. The van der Waals surface area contributed by atoms with Gasteiger partial charge >= 0.3 is 5.97 Å². The van der Waals surface area contributed by atoms with Gasteiger partial charge in [-0.3, -0.25) is 4.79 Å². The summed E-state index contributed by atoms with van der Waals surface area (Å²) in [5.74, 6) is 1.64. The van der Waals surface area contributed by atoms with Gasteiger partial charge in [0.2, 0.25) is 0 Å². The van der Waals surface area contributed by atoms with E-state index in [4.69, 9.17) is 4.74 Å². The number of para-hydroxylation sites is 1. The number of carbonyl (C=O) groups is 1. The van der Waals surface area contributed by atoms with Gasteiger partial charge in [0, 0.05) is 5.56 Å². The molecule has 1 aliphatic carbocycles. The van der Waals surface area contributed by atoms with E-state index in [1.54, 1.807) is 12.1 Å². The van der Waals surface area contributed by atoms with Crippen LogP contribution in [-0.2, 0) is 4.79 Å². The van der Waals surface area contributed by atoms with E-state index in [2.05, 4.69) is 13.8 Å². The number of halogens is 1. The molecule has 144 valence electrons. The molecule has 3 rings (SSSR count). The smallest absolute Gasteiger partial charge is 0.314 e. The Kier molecular flexibility index (Phi) is 6.65. The number of hydrogen-bond donors (Lipinski definition) is 0. The van der Waals surface area contributed by atoms with Crippen LogP contribution in [0.15, 0.2) is 48.5 Å². The predicted molar refractivity (Wildman–Crippen MR) is 107 cm³/mol. The monoisotopic (exact) mass is 368 g/mol. The molecule has 0 aliphatic heterocycles. The van der Waals surface area contributed by atoms with Crippen molar-refractivity contribution in [2.45, 2.75) is 52.4 Å². The molecule has 0 aromatic heterocycles. The average molecular weight is 368 g/mol. The van der Waals surface area contributed by atoms with Crippen molar-refractivity contribution in [1.29, 1.82) is 0 Å². The lowest BCUT2D eigenvalue weighted by atomic mass is 9.78. The Morgan fingerprint density at radius 1 is 1.07 bits per heavy atom. The molecule has 3 heteroatoms. The summed E-state index contributed by atoms with van der Waals surface area (Å²) in [5.41, 5.74) is 1.66. The Morgan fingerprint density at radius 3 is 2.41 bits per heavy atom. The van der Waals surface area contributed by atoms with E-state index in [1.807, 2.05) is 24.3 Å². The normalized spacial score (nSPS) is 20.9. The van der Waals surface area contributed by atoms with Crippen LogP contribution in [0.4, 0.5) is 4.39 Å². The minimum Gasteiger partial charge on any atom is -0.426 e. The third-order valence-corrected chi connectivity index (χ3v) is 5.87. The first-order chi connectivity index (χ1) is 13.1. The van der Waals surface area contributed by atoms with Gasteiger partial charge in [-0.1, -0.05) is 50.6 Å². The first-order valence-corrected chi connectivity index (χ1v) is 10.1. The highest BCUT2D eigenvalue weighted by Crippen LogP contribution is 2.35. The Bertz CT molecular complexity index is 745. The Labute approximate surface area is 161 Å². The quantitative estimate of drug-likeness (QED) is 0.422. The molecule has 1 atom stereocenters. The second-order valence-corrected chi connectivity index (χ2v) is 7.89. The van der Waals surface area contributed by atoms with Gasteiger partial charge in [-0.15, -0.1) is 0 Å². The number of rotatable bonds is 6. The van der Waals surface area contributed by atoms with Crippen molar-refractivity contribution in [3.8, 4) is 16.9 Å².